The second kappa shape index (κ2) is 8.62. The molecule has 1 aromatic heterocycles. The predicted molar refractivity (Wildman–Crippen MR) is 107 cm³/mol. The Morgan fingerprint density at radius 1 is 1.03 bits per heavy atom. The van der Waals surface area contributed by atoms with Crippen LogP contribution in [0.1, 0.15) is 35.8 Å². The molecule has 170 valence electrons. The summed E-state index contributed by atoms with van der Waals surface area (Å²) in [5, 5.41) is 7.91. The van der Waals surface area contributed by atoms with Crippen molar-refractivity contribution in [3.05, 3.63) is 71.4 Å². The monoisotopic (exact) mass is 469 g/mol. The van der Waals surface area contributed by atoms with Crippen molar-refractivity contribution in [2.45, 2.75) is 30.7 Å². The number of sulfonamides is 1. The van der Waals surface area contributed by atoms with Gasteiger partial charge in [-0.3, -0.25) is 0 Å². The van der Waals surface area contributed by atoms with E-state index in [0.717, 1.165) is 12.1 Å². The molecule has 0 N–H and O–H groups in total. The van der Waals surface area contributed by atoms with Gasteiger partial charge in [0.2, 0.25) is 21.8 Å². The summed E-state index contributed by atoms with van der Waals surface area (Å²) in [5.74, 6) is -0.714. The molecule has 0 saturated carbocycles. The van der Waals surface area contributed by atoms with Crippen LogP contribution in [0, 0.1) is 5.82 Å². The first kappa shape index (κ1) is 22.4. The zero-order valence-corrected chi connectivity index (χ0v) is 17.5. The average molecular weight is 469 g/mol. The lowest BCUT2D eigenvalue weighted by Crippen LogP contribution is -2.39. The third-order valence-electron chi connectivity index (χ3n) is 5.29. The van der Waals surface area contributed by atoms with E-state index >= 15 is 0 Å². The van der Waals surface area contributed by atoms with Crippen LogP contribution in [0.15, 0.2) is 52.9 Å². The number of hydrogen-bond donors (Lipinski definition) is 0. The number of alkyl halides is 3. The zero-order chi connectivity index (χ0) is 22.9. The molecule has 0 bridgehead atoms. The normalized spacial score (nSPS) is 18.1. The molecule has 1 aliphatic heterocycles. The maximum absolute atomic E-state index is 13.1. The van der Waals surface area contributed by atoms with E-state index in [1.54, 1.807) is 0 Å². The number of aromatic nitrogens is 2. The molecule has 1 aliphatic rings. The van der Waals surface area contributed by atoms with Crippen molar-refractivity contribution in [3.63, 3.8) is 0 Å². The summed E-state index contributed by atoms with van der Waals surface area (Å²) < 4.78 is 84.0. The summed E-state index contributed by atoms with van der Waals surface area (Å²) in [4.78, 5) is 0. The van der Waals surface area contributed by atoms with Gasteiger partial charge in [-0.15, -0.1) is 10.2 Å². The second-order valence-corrected chi connectivity index (χ2v) is 9.57. The van der Waals surface area contributed by atoms with Gasteiger partial charge in [0.15, 0.2) is 0 Å². The Bertz CT molecular complexity index is 1180. The fourth-order valence-electron chi connectivity index (χ4n) is 3.60. The Morgan fingerprint density at radius 2 is 1.72 bits per heavy atom. The Labute approximate surface area is 181 Å². The van der Waals surface area contributed by atoms with Crippen LogP contribution in [0.5, 0.6) is 0 Å². The van der Waals surface area contributed by atoms with E-state index in [0.29, 0.717) is 30.5 Å². The predicted octanol–water partition coefficient (Wildman–Crippen LogP) is 4.60. The first-order chi connectivity index (χ1) is 15.1. The average Bonchev–Trinajstić information content (AvgIpc) is 3.25. The van der Waals surface area contributed by atoms with Crippen LogP contribution in [0.25, 0.3) is 11.5 Å². The number of benzene rings is 2. The maximum Gasteiger partial charge on any atom is 0.416 e. The molecule has 11 heteroatoms. The molecular formula is C21H19F4N3O3S. The van der Waals surface area contributed by atoms with Crippen LogP contribution in [0.2, 0.25) is 0 Å². The molecule has 4 rings (SSSR count). The molecule has 1 unspecified atom stereocenters. The highest BCUT2D eigenvalue weighted by Crippen LogP contribution is 2.33. The van der Waals surface area contributed by atoms with E-state index in [-0.39, 0.29) is 30.0 Å². The van der Waals surface area contributed by atoms with Gasteiger partial charge >= 0.3 is 6.18 Å². The summed E-state index contributed by atoms with van der Waals surface area (Å²) in [7, 11) is -3.64. The van der Waals surface area contributed by atoms with Gasteiger partial charge in [-0.25, -0.2) is 17.1 Å². The van der Waals surface area contributed by atoms with Gasteiger partial charge in [0.05, 0.1) is 17.2 Å². The molecule has 1 atom stereocenters. The van der Waals surface area contributed by atoms with Gasteiger partial charge < -0.3 is 4.42 Å². The fraction of sp³-hybridized carbons (Fsp3) is 0.333. The van der Waals surface area contributed by atoms with Crippen molar-refractivity contribution in [2.75, 3.05) is 13.1 Å². The van der Waals surface area contributed by atoms with Crippen molar-refractivity contribution in [1.82, 2.24) is 14.5 Å². The van der Waals surface area contributed by atoms with E-state index in [1.165, 1.54) is 40.7 Å². The molecule has 2 aromatic carbocycles. The highest BCUT2D eigenvalue weighted by atomic mass is 32.2. The Morgan fingerprint density at radius 3 is 2.38 bits per heavy atom. The van der Waals surface area contributed by atoms with Gasteiger partial charge in [-0.05, 0) is 54.8 Å². The minimum absolute atomic E-state index is 0.0695. The molecule has 0 aliphatic carbocycles. The molecule has 0 spiro atoms. The molecule has 6 nitrogen and oxygen atoms in total. The van der Waals surface area contributed by atoms with E-state index in [4.69, 9.17) is 4.42 Å². The van der Waals surface area contributed by atoms with E-state index < -0.39 is 27.6 Å². The molecule has 0 amide bonds. The SMILES string of the molecule is O=S(=O)(Cc1ccc(F)cc1)N1CCCC(c2nnc(-c3ccc(C(F)(F)F)cc3)o2)C1. The van der Waals surface area contributed by atoms with Crippen molar-refractivity contribution >= 4 is 10.0 Å². The molecular weight excluding hydrogens is 450 g/mol. The minimum atomic E-state index is -4.44. The first-order valence-electron chi connectivity index (χ1n) is 9.85. The van der Waals surface area contributed by atoms with E-state index in [1.807, 2.05) is 0 Å². The topological polar surface area (TPSA) is 76.3 Å². The van der Waals surface area contributed by atoms with Crippen LogP contribution in [-0.4, -0.2) is 36.0 Å². The Balaban J connectivity index is 1.47. The molecule has 1 saturated heterocycles. The van der Waals surface area contributed by atoms with Crippen LogP contribution < -0.4 is 0 Å². The molecule has 2 heterocycles. The molecule has 1 fully saturated rings. The minimum Gasteiger partial charge on any atom is -0.420 e. The van der Waals surface area contributed by atoms with Gasteiger partial charge in [0, 0.05) is 18.7 Å². The van der Waals surface area contributed by atoms with Gasteiger partial charge in [-0.1, -0.05) is 12.1 Å². The molecule has 3 aromatic rings. The van der Waals surface area contributed by atoms with Crippen LogP contribution in [0.3, 0.4) is 0 Å². The van der Waals surface area contributed by atoms with Crippen molar-refractivity contribution in [1.29, 1.82) is 0 Å². The summed E-state index contributed by atoms with van der Waals surface area (Å²) >= 11 is 0. The summed E-state index contributed by atoms with van der Waals surface area (Å²) in [6.07, 6.45) is -3.22. The number of halogens is 4. The lowest BCUT2D eigenvalue weighted by atomic mass is 10.00. The standard InChI is InChI=1S/C21H19F4N3O3S/c22-18-9-3-14(4-10-18)13-32(29,30)28-11-1-2-16(12-28)20-27-26-19(31-20)15-5-7-17(8-6-15)21(23,24)25/h3-10,16H,1-2,11-13H2. The van der Waals surface area contributed by atoms with Gasteiger partial charge in [-0.2, -0.15) is 13.2 Å². The molecule has 32 heavy (non-hydrogen) atoms. The Hall–Kier alpha value is -2.79. The largest absolute Gasteiger partial charge is 0.420 e. The van der Waals surface area contributed by atoms with E-state index in [9.17, 15) is 26.0 Å². The first-order valence-corrected chi connectivity index (χ1v) is 11.5. The second-order valence-electron chi connectivity index (χ2n) is 7.60. The van der Waals surface area contributed by atoms with E-state index in [2.05, 4.69) is 10.2 Å². The summed E-state index contributed by atoms with van der Waals surface area (Å²) in [5.41, 5.74) is 0.0412. The lowest BCUT2D eigenvalue weighted by Gasteiger charge is -2.30. The van der Waals surface area contributed by atoms with Crippen molar-refractivity contribution in [2.24, 2.45) is 0 Å². The highest BCUT2D eigenvalue weighted by Gasteiger charge is 2.33. The van der Waals surface area contributed by atoms with Gasteiger partial charge in [0.1, 0.15) is 5.82 Å². The van der Waals surface area contributed by atoms with Gasteiger partial charge in [0.25, 0.3) is 0 Å². The van der Waals surface area contributed by atoms with Crippen LogP contribution in [-0.2, 0) is 22.0 Å². The quantitative estimate of drug-likeness (QED) is 0.511. The third-order valence-corrected chi connectivity index (χ3v) is 7.11. The number of hydrogen-bond acceptors (Lipinski definition) is 5. The molecule has 0 radical (unpaired) electrons. The van der Waals surface area contributed by atoms with Crippen molar-refractivity contribution in [3.8, 4) is 11.5 Å². The smallest absolute Gasteiger partial charge is 0.416 e. The number of nitrogens with zero attached hydrogens (tertiary/aromatic N) is 3. The Kier molecular flexibility index (Phi) is 6.04. The maximum atomic E-state index is 13.1. The van der Waals surface area contributed by atoms with Crippen LogP contribution >= 0.6 is 0 Å². The zero-order valence-electron chi connectivity index (χ0n) is 16.7. The lowest BCUT2D eigenvalue weighted by molar-refractivity contribution is -0.137. The highest BCUT2D eigenvalue weighted by molar-refractivity contribution is 7.88. The fourth-order valence-corrected chi connectivity index (χ4v) is 5.21. The number of piperidine rings is 1. The third kappa shape index (κ3) is 4.99. The number of rotatable bonds is 5. The van der Waals surface area contributed by atoms with Crippen molar-refractivity contribution < 1.29 is 30.4 Å². The van der Waals surface area contributed by atoms with Crippen LogP contribution in [0.4, 0.5) is 17.6 Å². The summed E-state index contributed by atoms with van der Waals surface area (Å²) in [6.45, 7) is 0.498. The summed E-state index contributed by atoms with van der Waals surface area (Å²) in [6, 6.07) is 9.66.